The van der Waals surface area contributed by atoms with Crippen molar-refractivity contribution in [2.24, 2.45) is 14.1 Å². The lowest BCUT2D eigenvalue weighted by molar-refractivity contribution is -0.121. The second kappa shape index (κ2) is 29.7. The molecule has 6 aromatic heterocycles. The van der Waals surface area contributed by atoms with Crippen molar-refractivity contribution in [3.8, 4) is 29.6 Å². The Balaban J connectivity index is 0.000000214. The van der Waals surface area contributed by atoms with Crippen molar-refractivity contribution in [1.29, 1.82) is 0 Å². The number of aromatic nitrogens is 6. The first-order valence-corrected chi connectivity index (χ1v) is 29.4. The first-order chi connectivity index (χ1) is 39.3. The molecule has 2 aromatic carbocycles. The number of nitrogens with zero attached hydrogens (tertiary/aromatic N) is 8. The fraction of sp³-hybridized carbons (Fsp3) is 0.270. The Labute approximate surface area is 508 Å². The molecule has 0 fully saturated rings. The van der Waals surface area contributed by atoms with Crippen molar-refractivity contribution in [2.75, 3.05) is 35.4 Å². The third-order valence-electron chi connectivity index (χ3n) is 12.4. The predicted octanol–water partition coefficient (Wildman–Crippen LogP) is 10.5. The molecule has 2 aliphatic heterocycles. The molecular weight excluding hydrogens is 1140 g/mol. The fourth-order valence-electron chi connectivity index (χ4n) is 8.29. The molecule has 8 heterocycles. The number of aryl methyl sites for hydroxylation is 2. The molecule has 0 aliphatic carbocycles. The van der Waals surface area contributed by atoms with E-state index in [1.54, 1.807) is 114 Å². The largest absolute Gasteiger partial charge is 0.444 e. The number of likely N-dealkylation sites (N-methyl/N-ethyl adjacent to an activating group) is 2. The van der Waals surface area contributed by atoms with Crippen molar-refractivity contribution in [3.05, 3.63) is 189 Å². The van der Waals surface area contributed by atoms with E-state index in [9.17, 15) is 24.0 Å². The van der Waals surface area contributed by atoms with Crippen LogP contribution in [-0.4, -0.2) is 103 Å². The summed E-state index contributed by atoms with van der Waals surface area (Å²) >= 11 is 6.10. The molecule has 21 heteroatoms. The van der Waals surface area contributed by atoms with E-state index in [1.165, 1.54) is 28.2 Å². The van der Waals surface area contributed by atoms with Crippen LogP contribution >= 0.6 is 46.2 Å². The molecule has 0 spiro atoms. The lowest BCUT2D eigenvalue weighted by atomic mass is 10.1. The van der Waals surface area contributed by atoms with Crippen LogP contribution in [0, 0.1) is 45.0 Å². The van der Waals surface area contributed by atoms with E-state index in [0.29, 0.717) is 36.0 Å². The van der Waals surface area contributed by atoms with Gasteiger partial charge in [0.15, 0.2) is 0 Å². The second-order valence-electron chi connectivity index (χ2n) is 19.9. The minimum atomic E-state index is -0.661. The summed E-state index contributed by atoms with van der Waals surface area (Å²) < 4.78 is 13.4. The number of amides is 4. The molecule has 10 rings (SSSR count). The number of alkyl carbamates (subject to hydrolysis) is 1. The number of anilines is 2. The van der Waals surface area contributed by atoms with Gasteiger partial charge in [0.05, 0.1) is 33.3 Å². The number of hydrogen-bond acceptors (Lipinski definition) is 15. The van der Waals surface area contributed by atoms with Gasteiger partial charge in [0.2, 0.25) is 5.88 Å². The number of carbonyl (C=O) groups excluding carboxylic acids is 5. The average molecular weight is 1200 g/mol. The van der Waals surface area contributed by atoms with Gasteiger partial charge >= 0.3 is 6.09 Å². The van der Waals surface area contributed by atoms with Crippen LogP contribution in [0.3, 0.4) is 0 Å². The van der Waals surface area contributed by atoms with Crippen LogP contribution < -0.4 is 25.2 Å². The van der Waals surface area contributed by atoms with Gasteiger partial charge in [-0.15, -0.1) is 46.2 Å². The SMILES string of the molecule is C.Cc1c(C#Cc2cnn(C)c2)sc2c1SC[C@H](NC(=O)OC(C)(C)C)C(=O)N2C.Cc1c(C#Cc2cnn(C)c2)sc2c1SC[C@H](NC(=O)c1cc(Cc3ccccc3)ccn1)C(=O)N2C.O=COc1cc(Cc2ccccc2)ccn1.[CH3-]. The predicted molar refractivity (Wildman–Crippen MR) is 336 cm³/mol. The molecule has 4 amide bonds. The number of benzene rings is 2. The Morgan fingerprint density at radius 1 is 0.667 bits per heavy atom. The van der Waals surface area contributed by atoms with Crippen LogP contribution in [0.5, 0.6) is 5.88 Å². The molecule has 2 N–H and O–H groups in total. The molecule has 2 aliphatic rings. The molecule has 0 radical (unpaired) electrons. The van der Waals surface area contributed by atoms with Gasteiger partial charge in [0.1, 0.15) is 33.4 Å². The maximum atomic E-state index is 13.3. The average Bonchev–Trinajstić information content (AvgIpc) is 3.84. The van der Waals surface area contributed by atoms with E-state index in [2.05, 4.69) is 66.6 Å². The van der Waals surface area contributed by atoms with E-state index in [0.717, 1.165) is 74.9 Å². The Morgan fingerprint density at radius 2 is 1.13 bits per heavy atom. The van der Waals surface area contributed by atoms with Crippen LogP contribution in [0.4, 0.5) is 14.8 Å². The molecule has 0 saturated carbocycles. The molecule has 17 nitrogen and oxygen atoms in total. The van der Waals surface area contributed by atoms with E-state index < -0.39 is 23.8 Å². The van der Waals surface area contributed by atoms with E-state index in [1.807, 2.05) is 101 Å². The Bertz CT molecular complexity index is 3730. The van der Waals surface area contributed by atoms with Gasteiger partial charge in [-0.3, -0.25) is 33.5 Å². The highest BCUT2D eigenvalue weighted by molar-refractivity contribution is 8.00. The summed E-state index contributed by atoms with van der Waals surface area (Å²) in [4.78, 5) is 76.9. The standard InChI is InChI=1S/C28H25N5O2S2.C20H24N4O3S2.C13H11NO2.CH4.CH3/c1-18-24(10-9-21-15-30-32(2)16-21)37-28-25(18)36-17-23(27(35)33(28)3)31-26(34)22-14-20(11-12-29-22)13-19-7-5-4-6-8-19;1-12-15(8-7-13-9-21-23(5)10-13)29-18-16(12)28-11-14(17(25)24(18)6)22-19(26)27-20(2,3)4;15-10-16-13-9-12(6-7-14-13)8-11-4-2-1-3-5-11;;/h4-8,11-12,14-16,23H,13,17H2,1-3H3,(H,31,34);9-10,14H,11H2,1-6H3,(H,22,26);1-7,9-10H,8H2;1H4;1H3/q;;;;-1/t23-;14-;;;/m00.../s1. The molecular formula is C63H67N10O7S4-. The highest BCUT2D eigenvalue weighted by Gasteiger charge is 2.35. The zero-order valence-electron chi connectivity index (χ0n) is 47.7. The van der Waals surface area contributed by atoms with Crippen LogP contribution in [0.1, 0.15) is 92.9 Å². The van der Waals surface area contributed by atoms with Crippen LogP contribution in [0.15, 0.2) is 132 Å². The van der Waals surface area contributed by atoms with E-state index in [-0.39, 0.29) is 32.6 Å². The number of thioether (sulfide) groups is 2. The van der Waals surface area contributed by atoms with E-state index >= 15 is 0 Å². The zero-order chi connectivity index (χ0) is 58.5. The maximum Gasteiger partial charge on any atom is 0.408 e. The van der Waals surface area contributed by atoms with Gasteiger partial charge in [-0.1, -0.05) is 91.8 Å². The van der Waals surface area contributed by atoms with Gasteiger partial charge in [-0.25, -0.2) is 9.78 Å². The minimum absolute atomic E-state index is 0. The number of nitrogens with one attached hydrogen (secondary N) is 2. The molecule has 8 aromatic rings. The lowest BCUT2D eigenvalue weighted by Gasteiger charge is -2.24. The highest BCUT2D eigenvalue weighted by Crippen LogP contribution is 2.45. The van der Waals surface area contributed by atoms with Gasteiger partial charge < -0.3 is 37.3 Å². The van der Waals surface area contributed by atoms with E-state index in [4.69, 9.17) is 9.47 Å². The van der Waals surface area contributed by atoms with Crippen LogP contribution in [-0.2, 0) is 46.1 Å². The number of hydrogen-bond donors (Lipinski definition) is 2. The normalized spacial score (nSPS) is 14.2. The second-order valence-corrected chi connectivity index (χ2v) is 24.0. The maximum absolute atomic E-state index is 13.3. The Morgan fingerprint density at radius 3 is 1.58 bits per heavy atom. The van der Waals surface area contributed by atoms with Crippen molar-refractivity contribution < 1.29 is 33.4 Å². The monoisotopic (exact) mass is 1200 g/mol. The van der Waals surface area contributed by atoms with Gasteiger partial charge in [0.25, 0.3) is 24.2 Å². The van der Waals surface area contributed by atoms with Crippen molar-refractivity contribution >= 4 is 86.5 Å². The summed E-state index contributed by atoms with van der Waals surface area (Å²) in [6.45, 7) is 9.78. The van der Waals surface area contributed by atoms with Gasteiger partial charge in [0, 0.05) is 80.3 Å². The fourth-order valence-corrected chi connectivity index (χ4v) is 13.3. The lowest BCUT2D eigenvalue weighted by Crippen LogP contribution is -2.49. The number of carbonyl (C=O) groups is 5. The summed E-state index contributed by atoms with van der Waals surface area (Å²) in [6.07, 6.45) is 11.4. The number of ether oxygens (including phenoxy) is 2. The molecule has 2 atom stereocenters. The molecule has 0 bridgehead atoms. The topological polar surface area (TPSA) is 196 Å². The molecule has 436 valence electrons. The summed E-state index contributed by atoms with van der Waals surface area (Å²) in [5.74, 6) is 13.2. The molecule has 0 saturated heterocycles. The highest BCUT2D eigenvalue weighted by atomic mass is 32.2. The minimum Gasteiger partial charge on any atom is -0.444 e. The summed E-state index contributed by atoms with van der Waals surface area (Å²) in [5, 5.41) is 15.6. The van der Waals surface area contributed by atoms with Crippen LogP contribution in [0.25, 0.3) is 0 Å². The number of thiophene rings is 2. The van der Waals surface area contributed by atoms with Crippen molar-refractivity contribution in [1.82, 2.24) is 40.2 Å². The number of rotatable bonds is 9. The first-order valence-electron chi connectivity index (χ1n) is 25.8. The smallest absolute Gasteiger partial charge is 0.408 e. The number of fused-ring (bicyclic) bond motifs is 2. The molecule has 0 unspecified atom stereocenters. The van der Waals surface area contributed by atoms with Crippen LogP contribution in [0.2, 0.25) is 0 Å². The van der Waals surface area contributed by atoms with Crippen molar-refractivity contribution in [2.45, 2.75) is 82.4 Å². The summed E-state index contributed by atoms with van der Waals surface area (Å²) in [7, 11) is 7.18. The quantitative estimate of drug-likeness (QED) is 0.0788. The third-order valence-corrected chi connectivity index (χ3v) is 17.8. The first kappa shape index (κ1) is 64.7. The summed E-state index contributed by atoms with van der Waals surface area (Å²) in [5.41, 5.74) is 7.88. The Kier molecular flexibility index (Phi) is 22.9. The summed E-state index contributed by atoms with van der Waals surface area (Å²) in [6, 6.07) is 26.2. The zero-order valence-corrected chi connectivity index (χ0v) is 50.9. The van der Waals surface area contributed by atoms with Gasteiger partial charge in [-0.2, -0.15) is 10.2 Å². The third kappa shape index (κ3) is 17.3. The number of pyridine rings is 2. The van der Waals surface area contributed by atoms with Crippen molar-refractivity contribution in [3.63, 3.8) is 0 Å². The Hall–Kier alpha value is -8.47. The van der Waals surface area contributed by atoms with Gasteiger partial charge in [-0.05, 0) is 99.0 Å². The molecule has 84 heavy (non-hydrogen) atoms.